The van der Waals surface area contributed by atoms with E-state index in [-0.39, 0.29) is 52.7 Å². The highest BCUT2D eigenvalue weighted by molar-refractivity contribution is 6.74. The molecular weight excluding hydrogens is 609 g/mol. The minimum atomic E-state index is -2.29. The Morgan fingerprint density at radius 1 is 0.891 bits per heavy atom. The van der Waals surface area contributed by atoms with Crippen molar-refractivity contribution in [1.29, 1.82) is 0 Å². The molecule has 0 saturated heterocycles. The second-order valence-electron chi connectivity index (χ2n) is 16.6. The molecular formula is C38H64O6Si2. The molecule has 8 heteroatoms. The molecule has 0 radical (unpaired) electrons. The molecule has 46 heavy (non-hydrogen) atoms. The summed E-state index contributed by atoms with van der Waals surface area (Å²) >= 11 is 0. The average molecular weight is 673 g/mol. The smallest absolute Gasteiger partial charge is 0.313 e. The maximum Gasteiger partial charge on any atom is 0.313 e. The van der Waals surface area contributed by atoms with Crippen LogP contribution in [-0.4, -0.2) is 59.9 Å². The van der Waals surface area contributed by atoms with E-state index in [0.29, 0.717) is 12.3 Å². The van der Waals surface area contributed by atoms with Crippen LogP contribution < -0.4 is 0 Å². The molecule has 0 unspecified atom stereocenters. The summed E-state index contributed by atoms with van der Waals surface area (Å²) in [5.41, 5.74) is 1.04. The quantitative estimate of drug-likeness (QED) is 0.0671. The Balaban J connectivity index is 2.57. The molecule has 1 aliphatic heterocycles. The summed E-state index contributed by atoms with van der Waals surface area (Å²) in [6.45, 7) is 28.7. The number of Topliss-reactive ketones (excluding diaryl/α,β-unsaturated/α-hetero) is 1. The largest absolute Gasteiger partial charge is 0.457 e. The molecule has 1 fully saturated rings. The lowest BCUT2D eigenvalue weighted by Gasteiger charge is -2.47. The minimum Gasteiger partial charge on any atom is -0.457 e. The summed E-state index contributed by atoms with van der Waals surface area (Å²) in [5, 5.41) is -0.0612. The summed E-state index contributed by atoms with van der Waals surface area (Å²) in [5.74, 6) is 5.97. The van der Waals surface area contributed by atoms with Gasteiger partial charge in [0.05, 0.1) is 18.3 Å². The van der Waals surface area contributed by atoms with Crippen LogP contribution in [0.25, 0.3) is 0 Å². The maximum absolute atomic E-state index is 13.6. The van der Waals surface area contributed by atoms with E-state index in [4.69, 9.17) is 18.3 Å². The molecule has 260 valence electrons. The van der Waals surface area contributed by atoms with Crippen LogP contribution in [-0.2, 0) is 27.9 Å². The Kier molecular flexibility index (Phi) is 14.5. The van der Waals surface area contributed by atoms with Gasteiger partial charge < -0.3 is 18.3 Å². The van der Waals surface area contributed by atoms with Crippen molar-refractivity contribution >= 4 is 28.4 Å². The lowest BCUT2D eigenvalue weighted by Crippen LogP contribution is -2.53. The van der Waals surface area contributed by atoms with E-state index in [2.05, 4.69) is 99.5 Å². The zero-order valence-corrected chi connectivity index (χ0v) is 33.4. The molecule has 6 atom stereocenters. The van der Waals surface area contributed by atoms with Gasteiger partial charge in [-0.05, 0) is 68.2 Å². The fourth-order valence-corrected chi connectivity index (χ4v) is 7.97. The summed E-state index contributed by atoms with van der Waals surface area (Å²) in [6.07, 6.45) is 10.8. The Hall–Kier alpha value is -1.77. The molecule has 1 heterocycles. The first-order valence-corrected chi connectivity index (χ1v) is 23.0. The van der Waals surface area contributed by atoms with Crippen LogP contribution in [0.5, 0.6) is 0 Å². The molecule has 0 aromatic rings. The SMILES string of the molecule is CO[C@@H]1/C=C(\C)C[C@H](/C=C/C=C/C#CC2CC2)OC(=O)CC(=O)C[C@H](O[Si](C)(C)C(C)(C)C)[C@@H](C)[C@H](O[Si](C)(C)C(C)(C)C)[C@@H]1C. The van der Waals surface area contributed by atoms with Gasteiger partial charge in [0.1, 0.15) is 18.3 Å². The van der Waals surface area contributed by atoms with Crippen molar-refractivity contribution in [3.63, 3.8) is 0 Å². The monoisotopic (exact) mass is 672 g/mol. The Labute approximate surface area is 283 Å². The van der Waals surface area contributed by atoms with Crippen LogP contribution in [0.15, 0.2) is 36.0 Å². The highest BCUT2D eigenvalue weighted by Crippen LogP contribution is 2.43. The van der Waals surface area contributed by atoms with E-state index < -0.39 is 34.8 Å². The van der Waals surface area contributed by atoms with Gasteiger partial charge >= 0.3 is 5.97 Å². The molecule has 6 nitrogen and oxygen atoms in total. The second-order valence-corrected chi connectivity index (χ2v) is 26.2. The lowest BCUT2D eigenvalue weighted by molar-refractivity contribution is -0.149. The van der Waals surface area contributed by atoms with Crippen LogP contribution in [0.1, 0.15) is 94.4 Å². The third-order valence-electron chi connectivity index (χ3n) is 10.4. The number of esters is 1. The number of carbonyl (C=O) groups is 2. The average Bonchev–Trinajstić information content (AvgIpc) is 3.73. The number of hydrogen-bond donors (Lipinski definition) is 0. The van der Waals surface area contributed by atoms with Crippen molar-refractivity contribution in [2.75, 3.05) is 7.11 Å². The van der Waals surface area contributed by atoms with Gasteiger partial charge in [-0.3, -0.25) is 9.59 Å². The Morgan fingerprint density at radius 2 is 1.48 bits per heavy atom. The predicted molar refractivity (Wildman–Crippen MR) is 195 cm³/mol. The van der Waals surface area contributed by atoms with Gasteiger partial charge in [-0.25, -0.2) is 0 Å². The summed E-state index contributed by atoms with van der Waals surface area (Å²) in [6, 6.07) is 0. The van der Waals surface area contributed by atoms with Crippen LogP contribution in [0.4, 0.5) is 0 Å². The van der Waals surface area contributed by atoms with Gasteiger partial charge in [0.2, 0.25) is 0 Å². The van der Waals surface area contributed by atoms with Crippen molar-refractivity contribution < 1.29 is 27.9 Å². The maximum atomic E-state index is 13.6. The minimum absolute atomic E-state index is 0.00725. The van der Waals surface area contributed by atoms with Crippen LogP contribution in [0, 0.1) is 29.6 Å². The third-order valence-corrected chi connectivity index (χ3v) is 19.4. The molecule has 2 aliphatic rings. The van der Waals surface area contributed by atoms with Crippen molar-refractivity contribution in [2.45, 2.75) is 155 Å². The van der Waals surface area contributed by atoms with Crippen LogP contribution in [0.3, 0.4) is 0 Å². The number of carbonyl (C=O) groups excluding carboxylic acids is 2. The van der Waals surface area contributed by atoms with Crippen LogP contribution >= 0.6 is 0 Å². The summed E-state index contributed by atoms with van der Waals surface area (Å²) in [4.78, 5) is 26.7. The highest BCUT2D eigenvalue weighted by Gasteiger charge is 2.47. The fourth-order valence-electron chi connectivity index (χ4n) is 5.10. The number of ether oxygens (including phenoxy) is 2. The van der Waals surface area contributed by atoms with Crippen molar-refractivity contribution in [3.05, 3.63) is 36.0 Å². The standard InChI is InChI=1S/C38H64O6Si2/c1-27-23-32(20-18-16-15-17-19-30-21-22-30)42-35(40)26-31(39)25-34(43-45(11,12)37(4,5)6)29(3)36(28(2)33(24-27)41-10)44-46(13,14)38(7,8)9/h15-16,18,20,24,28-30,32-34,36H,21-23,25-26H2,1-14H3/b16-15+,20-18+,27-24+/t28-,29-,32+,33-,34+,36-/m1/s1. The van der Waals surface area contributed by atoms with Gasteiger partial charge in [0, 0.05) is 37.7 Å². The predicted octanol–water partition coefficient (Wildman–Crippen LogP) is 9.19. The van der Waals surface area contributed by atoms with E-state index in [1.165, 1.54) is 12.8 Å². The molecule has 0 spiro atoms. The number of hydrogen-bond acceptors (Lipinski definition) is 6. The number of ketones is 1. The van der Waals surface area contributed by atoms with E-state index in [0.717, 1.165) is 5.57 Å². The van der Waals surface area contributed by atoms with E-state index in [9.17, 15) is 9.59 Å². The van der Waals surface area contributed by atoms with Crippen molar-refractivity contribution in [3.8, 4) is 11.8 Å². The second kappa shape index (κ2) is 16.6. The molecule has 1 saturated carbocycles. The third kappa shape index (κ3) is 12.4. The molecule has 0 N–H and O–H groups in total. The molecule has 0 amide bonds. The van der Waals surface area contributed by atoms with E-state index in [1.807, 2.05) is 31.2 Å². The number of methoxy groups -OCH3 is 1. The Morgan fingerprint density at radius 3 is 2.02 bits per heavy atom. The first kappa shape index (κ1) is 40.4. The Bertz CT molecular complexity index is 1190. The molecule has 1 aliphatic carbocycles. The first-order valence-electron chi connectivity index (χ1n) is 17.2. The molecule has 2 rings (SSSR count). The lowest BCUT2D eigenvalue weighted by atomic mass is 9.83. The van der Waals surface area contributed by atoms with Gasteiger partial charge in [-0.1, -0.05) is 91.0 Å². The zero-order valence-electron chi connectivity index (χ0n) is 31.4. The van der Waals surface area contributed by atoms with Gasteiger partial charge in [-0.2, -0.15) is 0 Å². The summed E-state index contributed by atoms with van der Waals surface area (Å²) in [7, 11) is -2.80. The van der Waals surface area contributed by atoms with E-state index in [1.54, 1.807) is 7.11 Å². The topological polar surface area (TPSA) is 71.1 Å². The zero-order chi connectivity index (χ0) is 35.1. The molecule has 0 aromatic heterocycles. The number of rotatable bonds is 7. The van der Waals surface area contributed by atoms with Crippen molar-refractivity contribution in [2.24, 2.45) is 17.8 Å². The fraction of sp³-hybridized carbons (Fsp3) is 0.737. The number of allylic oxidation sites excluding steroid dienone is 3. The molecule has 0 bridgehead atoms. The van der Waals surface area contributed by atoms with Crippen molar-refractivity contribution in [1.82, 2.24) is 0 Å². The normalized spacial score (nSPS) is 29.6. The first-order chi connectivity index (χ1) is 21.1. The van der Waals surface area contributed by atoms with Crippen LogP contribution in [0.2, 0.25) is 36.3 Å². The number of cyclic esters (lactones) is 1. The van der Waals surface area contributed by atoms with Gasteiger partial charge in [0.25, 0.3) is 0 Å². The molecule has 0 aromatic carbocycles. The summed E-state index contributed by atoms with van der Waals surface area (Å²) < 4.78 is 26.3. The highest BCUT2D eigenvalue weighted by atomic mass is 28.4. The van der Waals surface area contributed by atoms with E-state index >= 15 is 0 Å². The van der Waals surface area contributed by atoms with Gasteiger partial charge in [0.15, 0.2) is 16.6 Å². The van der Waals surface area contributed by atoms with Gasteiger partial charge in [-0.15, -0.1) is 0 Å².